The maximum absolute atomic E-state index is 13.3. The molecule has 1 aromatic heterocycles. The third-order valence-electron chi connectivity index (χ3n) is 8.22. The molecule has 3 unspecified atom stereocenters. The van der Waals surface area contributed by atoms with Crippen molar-refractivity contribution in [1.82, 2.24) is 25.1 Å². The van der Waals surface area contributed by atoms with Gasteiger partial charge in [0.2, 0.25) is 11.8 Å². The first-order chi connectivity index (χ1) is 18.1. The van der Waals surface area contributed by atoms with Crippen molar-refractivity contribution in [3.63, 3.8) is 0 Å². The molecule has 1 saturated carbocycles. The van der Waals surface area contributed by atoms with Crippen molar-refractivity contribution < 1.29 is 18.4 Å². The number of hydrogen-bond donors (Lipinski definition) is 1. The van der Waals surface area contributed by atoms with Crippen LogP contribution in [0.1, 0.15) is 58.2 Å². The predicted molar refractivity (Wildman–Crippen MR) is 135 cm³/mol. The highest BCUT2D eigenvalue weighted by Gasteiger charge is 2.49. The molecule has 1 aliphatic carbocycles. The quantitative estimate of drug-likeness (QED) is 0.599. The van der Waals surface area contributed by atoms with Gasteiger partial charge >= 0.3 is 0 Å². The number of rotatable bonds is 7. The van der Waals surface area contributed by atoms with Crippen LogP contribution in [0.25, 0.3) is 0 Å². The molecule has 3 heterocycles. The number of aromatic nitrogens is 2. The molecule has 5 rings (SSSR count). The van der Waals surface area contributed by atoms with Gasteiger partial charge < -0.3 is 15.1 Å². The first-order valence-electron chi connectivity index (χ1n) is 13.1. The summed E-state index contributed by atoms with van der Waals surface area (Å²) in [6.07, 6.45) is 1.25. The van der Waals surface area contributed by atoms with Gasteiger partial charge in [-0.3, -0.25) is 9.59 Å². The minimum atomic E-state index is -2.76. The lowest BCUT2D eigenvalue weighted by atomic mass is 9.80. The van der Waals surface area contributed by atoms with E-state index in [1.807, 2.05) is 24.8 Å². The van der Waals surface area contributed by atoms with Crippen LogP contribution in [0.4, 0.5) is 8.78 Å². The molecule has 3 aliphatic rings. The van der Waals surface area contributed by atoms with Gasteiger partial charge in [-0.05, 0) is 49.8 Å². The monoisotopic (exact) mass is 522 g/mol. The van der Waals surface area contributed by atoms with Crippen LogP contribution in [0.3, 0.4) is 0 Å². The zero-order chi connectivity index (χ0) is 27.0. The standard InChI is InChI=1S/C28H32F2N6O2/c1-17-25(18(2)33-16-32-17)27(38)36-14-22-12-35(13-23(22)15-36)7-6-24(20-5-3-4-19(8-20)11-31)34-26(37)21-9-28(29,30)10-21/h3-5,8,16,21-24H,6-7,9-10,12-15H2,1-2H3,(H,34,37). The zero-order valence-corrected chi connectivity index (χ0v) is 21.7. The summed E-state index contributed by atoms with van der Waals surface area (Å²) in [5.74, 6) is -3.06. The number of nitriles is 1. The second-order valence-corrected chi connectivity index (χ2v) is 11.0. The molecule has 10 heteroatoms. The number of benzene rings is 1. The van der Waals surface area contributed by atoms with E-state index in [-0.39, 0.29) is 17.9 Å². The topological polar surface area (TPSA) is 102 Å². The Bertz CT molecular complexity index is 1240. The van der Waals surface area contributed by atoms with E-state index in [4.69, 9.17) is 0 Å². The van der Waals surface area contributed by atoms with Gasteiger partial charge in [0.05, 0.1) is 34.6 Å². The number of nitrogens with one attached hydrogen (secondary N) is 1. The summed E-state index contributed by atoms with van der Waals surface area (Å²) in [6, 6.07) is 8.85. The van der Waals surface area contributed by atoms with Crippen molar-refractivity contribution >= 4 is 11.8 Å². The Morgan fingerprint density at radius 2 is 1.79 bits per heavy atom. The average Bonchev–Trinajstić information content (AvgIpc) is 3.44. The zero-order valence-electron chi connectivity index (χ0n) is 21.7. The van der Waals surface area contributed by atoms with Gasteiger partial charge in [0, 0.05) is 51.5 Å². The second kappa shape index (κ2) is 10.4. The Balaban J connectivity index is 1.19. The van der Waals surface area contributed by atoms with Crippen LogP contribution >= 0.6 is 0 Å². The fourth-order valence-corrected chi connectivity index (χ4v) is 6.09. The van der Waals surface area contributed by atoms with Crippen molar-refractivity contribution in [2.24, 2.45) is 17.8 Å². The van der Waals surface area contributed by atoms with Crippen LogP contribution in [-0.2, 0) is 4.79 Å². The van der Waals surface area contributed by atoms with Crippen LogP contribution in [0.15, 0.2) is 30.6 Å². The molecule has 2 saturated heterocycles. The molecule has 0 radical (unpaired) electrons. The van der Waals surface area contributed by atoms with E-state index in [2.05, 4.69) is 26.3 Å². The largest absolute Gasteiger partial charge is 0.349 e. The number of amides is 2. The Morgan fingerprint density at radius 1 is 1.13 bits per heavy atom. The van der Waals surface area contributed by atoms with Crippen LogP contribution in [0.2, 0.25) is 0 Å². The number of nitrogens with zero attached hydrogens (tertiary/aromatic N) is 5. The van der Waals surface area contributed by atoms with Crippen LogP contribution in [0.5, 0.6) is 0 Å². The van der Waals surface area contributed by atoms with E-state index >= 15 is 0 Å². The third kappa shape index (κ3) is 5.39. The molecular weight excluding hydrogens is 490 g/mol. The molecule has 3 atom stereocenters. The van der Waals surface area contributed by atoms with E-state index in [0.29, 0.717) is 60.4 Å². The van der Waals surface area contributed by atoms with Gasteiger partial charge in [-0.1, -0.05) is 12.1 Å². The van der Waals surface area contributed by atoms with Gasteiger partial charge in [0.25, 0.3) is 5.91 Å². The highest BCUT2D eigenvalue weighted by molar-refractivity contribution is 5.96. The lowest BCUT2D eigenvalue weighted by Gasteiger charge is -2.35. The molecule has 2 aliphatic heterocycles. The first-order valence-corrected chi connectivity index (χ1v) is 13.1. The molecule has 0 spiro atoms. The van der Waals surface area contributed by atoms with Crippen LogP contribution < -0.4 is 5.32 Å². The summed E-state index contributed by atoms with van der Waals surface area (Å²) in [6.45, 7) is 7.46. The van der Waals surface area contributed by atoms with Gasteiger partial charge in [-0.25, -0.2) is 18.7 Å². The Morgan fingerprint density at radius 3 is 2.39 bits per heavy atom. The molecule has 3 fully saturated rings. The number of alkyl halides is 2. The van der Waals surface area contributed by atoms with E-state index < -0.39 is 24.7 Å². The van der Waals surface area contributed by atoms with Gasteiger partial charge in [-0.2, -0.15) is 5.26 Å². The van der Waals surface area contributed by atoms with Crippen molar-refractivity contribution in [2.45, 2.75) is 45.1 Å². The lowest BCUT2D eigenvalue weighted by molar-refractivity contribution is -0.150. The molecule has 200 valence electrons. The van der Waals surface area contributed by atoms with E-state index in [1.165, 1.54) is 6.33 Å². The third-order valence-corrected chi connectivity index (χ3v) is 8.22. The predicted octanol–water partition coefficient (Wildman–Crippen LogP) is 3.26. The molecule has 2 aromatic rings. The van der Waals surface area contributed by atoms with Crippen molar-refractivity contribution in [3.8, 4) is 6.07 Å². The number of halogens is 2. The smallest absolute Gasteiger partial charge is 0.257 e. The van der Waals surface area contributed by atoms with E-state index in [0.717, 1.165) is 18.7 Å². The Hall–Kier alpha value is -3.45. The van der Waals surface area contributed by atoms with Crippen molar-refractivity contribution in [1.29, 1.82) is 5.26 Å². The fourth-order valence-electron chi connectivity index (χ4n) is 6.09. The normalized spacial score (nSPS) is 23.4. The van der Waals surface area contributed by atoms with Gasteiger partial charge in [0.1, 0.15) is 6.33 Å². The molecule has 38 heavy (non-hydrogen) atoms. The number of aryl methyl sites for hydroxylation is 2. The summed E-state index contributed by atoms with van der Waals surface area (Å²) in [5.41, 5.74) is 3.27. The summed E-state index contributed by atoms with van der Waals surface area (Å²) in [4.78, 5) is 38.5. The Labute approximate surface area is 221 Å². The number of carbonyl (C=O) groups excluding carboxylic acids is 2. The van der Waals surface area contributed by atoms with Gasteiger partial charge in [0.15, 0.2) is 0 Å². The molecule has 8 nitrogen and oxygen atoms in total. The van der Waals surface area contributed by atoms with Crippen molar-refractivity contribution in [3.05, 3.63) is 58.7 Å². The highest BCUT2D eigenvalue weighted by atomic mass is 19.3. The SMILES string of the molecule is Cc1ncnc(C)c1C(=O)N1CC2CN(CCC(NC(=O)C3CC(F)(F)C3)c3cccc(C#N)c3)CC2C1. The molecule has 2 amide bonds. The number of fused-ring (bicyclic) bond motifs is 1. The van der Waals surface area contributed by atoms with E-state index in [9.17, 15) is 23.6 Å². The summed E-state index contributed by atoms with van der Waals surface area (Å²) < 4.78 is 26.7. The molecule has 0 bridgehead atoms. The maximum Gasteiger partial charge on any atom is 0.257 e. The first kappa shape index (κ1) is 26.2. The van der Waals surface area contributed by atoms with Crippen LogP contribution in [-0.4, -0.2) is 70.2 Å². The average molecular weight is 523 g/mol. The highest BCUT2D eigenvalue weighted by Crippen LogP contribution is 2.42. The van der Waals surface area contributed by atoms with Gasteiger partial charge in [-0.15, -0.1) is 0 Å². The number of likely N-dealkylation sites (tertiary alicyclic amines) is 2. The van der Waals surface area contributed by atoms with Crippen molar-refractivity contribution in [2.75, 3.05) is 32.7 Å². The number of carbonyl (C=O) groups is 2. The fraction of sp³-hybridized carbons (Fsp3) is 0.536. The lowest BCUT2D eigenvalue weighted by Crippen LogP contribution is -2.46. The Kier molecular flexibility index (Phi) is 7.14. The molecule has 1 N–H and O–H groups in total. The maximum atomic E-state index is 13.3. The summed E-state index contributed by atoms with van der Waals surface area (Å²) in [7, 11) is 0. The summed E-state index contributed by atoms with van der Waals surface area (Å²) >= 11 is 0. The molecule has 1 aromatic carbocycles. The number of hydrogen-bond acceptors (Lipinski definition) is 6. The summed E-state index contributed by atoms with van der Waals surface area (Å²) in [5, 5.41) is 12.3. The van der Waals surface area contributed by atoms with E-state index in [1.54, 1.807) is 18.2 Å². The minimum Gasteiger partial charge on any atom is -0.349 e. The molecular formula is C28H32F2N6O2. The minimum absolute atomic E-state index is 0.0109. The second-order valence-electron chi connectivity index (χ2n) is 11.0. The van der Waals surface area contributed by atoms with Crippen LogP contribution in [0, 0.1) is 42.9 Å².